The van der Waals surface area contributed by atoms with Crippen molar-refractivity contribution in [2.75, 3.05) is 4.72 Å². The molecule has 2 N–H and O–H groups in total. The maximum Gasteiger partial charge on any atom is 0.264 e. The Labute approximate surface area is 179 Å². The van der Waals surface area contributed by atoms with E-state index in [2.05, 4.69) is 9.44 Å². The van der Waals surface area contributed by atoms with E-state index in [9.17, 15) is 13.2 Å². The third-order valence-electron chi connectivity index (χ3n) is 5.24. The van der Waals surface area contributed by atoms with Gasteiger partial charge in [0.15, 0.2) is 0 Å². The normalized spacial score (nSPS) is 23.4. The van der Waals surface area contributed by atoms with Crippen LogP contribution in [-0.4, -0.2) is 35.6 Å². The minimum absolute atomic E-state index is 0.101. The molecule has 3 heterocycles. The Morgan fingerprint density at radius 3 is 2.72 bits per heavy atom. The average Bonchev–Trinajstić information content (AvgIpc) is 3.27. The Bertz CT molecular complexity index is 1040. The highest BCUT2D eigenvalue weighted by Gasteiger charge is 2.34. The number of nitrogens with zero attached hydrogens (tertiary/aromatic N) is 2. The predicted molar refractivity (Wildman–Crippen MR) is 116 cm³/mol. The number of carbonyl (C=O) groups excluding carboxylic acids is 1. The van der Waals surface area contributed by atoms with Crippen molar-refractivity contribution in [3.05, 3.63) is 63.9 Å². The molecule has 0 spiro atoms. The van der Waals surface area contributed by atoms with Gasteiger partial charge in [0.2, 0.25) is 0 Å². The van der Waals surface area contributed by atoms with Gasteiger partial charge in [-0.2, -0.15) is 0 Å². The highest BCUT2D eigenvalue weighted by Crippen LogP contribution is 2.35. The molecule has 1 amide bonds. The van der Waals surface area contributed by atoms with Gasteiger partial charge in [0.1, 0.15) is 4.91 Å². The molecular formula is C19H21ClN4O3S2. The maximum absolute atomic E-state index is 13.2. The van der Waals surface area contributed by atoms with Crippen LogP contribution in [0.2, 0.25) is 5.02 Å². The lowest BCUT2D eigenvalue weighted by Gasteiger charge is -2.27. The van der Waals surface area contributed by atoms with Crippen LogP contribution in [0.3, 0.4) is 0 Å². The van der Waals surface area contributed by atoms with Crippen LogP contribution in [0, 0.1) is 0 Å². The van der Waals surface area contributed by atoms with Crippen LogP contribution in [0.4, 0.5) is 5.69 Å². The highest BCUT2D eigenvalue weighted by molar-refractivity contribution is 7.97. The summed E-state index contributed by atoms with van der Waals surface area (Å²) in [6.45, 7) is 4.01. The molecule has 3 aliphatic heterocycles. The molecule has 0 aromatic heterocycles. The molecule has 0 aliphatic carbocycles. The fourth-order valence-corrected chi connectivity index (χ4v) is 5.93. The fraction of sp³-hybridized carbons (Fsp3) is 0.316. The van der Waals surface area contributed by atoms with Gasteiger partial charge in [-0.05, 0) is 57.0 Å². The van der Waals surface area contributed by atoms with Crippen molar-refractivity contribution in [1.29, 1.82) is 0 Å². The van der Waals surface area contributed by atoms with E-state index in [4.69, 9.17) is 11.6 Å². The second kappa shape index (κ2) is 7.62. The van der Waals surface area contributed by atoms with Crippen LogP contribution in [0.1, 0.15) is 37.0 Å². The first kappa shape index (κ1) is 20.2. The molecule has 0 radical (unpaired) electrons. The second-order valence-electron chi connectivity index (χ2n) is 7.22. The van der Waals surface area contributed by atoms with Crippen LogP contribution >= 0.6 is 23.7 Å². The van der Waals surface area contributed by atoms with E-state index in [0.717, 1.165) is 12.8 Å². The van der Waals surface area contributed by atoms with Gasteiger partial charge >= 0.3 is 0 Å². The van der Waals surface area contributed by atoms with Crippen molar-refractivity contribution < 1.29 is 13.2 Å². The van der Waals surface area contributed by atoms with Crippen molar-refractivity contribution in [2.24, 2.45) is 0 Å². The Morgan fingerprint density at radius 2 is 2.00 bits per heavy atom. The molecule has 3 aliphatic rings. The average molecular weight is 453 g/mol. The highest BCUT2D eigenvalue weighted by atomic mass is 35.5. The van der Waals surface area contributed by atoms with E-state index in [0.29, 0.717) is 10.7 Å². The van der Waals surface area contributed by atoms with Crippen LogP contribution in [-0.2, 0) is 10.0 Å². The van der Waals surface area contributed by atoms with Crippen molar-refractivity contribution in [1.82, 2.24) is 13.9 Å². The number of likely N-dealkylation sites (tertiary alicyclic amines) is 1. The SMILES string of the molecule is CC1CCC(C)N1C(=O)c1ccc(Cl)cc1NS(=O)(=O)C1=CC=CN2SNC=C12. The Morgan fingerprint density at radius 1 is 1.28 bits per heavy atom. The third kappa shape index (κ3) is 3.74. The Balaban J connectivity index is 1.69. The number of anilines is 1. The summed E-state index contributed by atoms with van der Waals surface area (Å²) in [6, 6.07) is 4.86. The summed E-state index contributed by atoms with van der Waals surface area (Å²) in [7, 11) is -3.95. The zero-order valence-corrected chi connectivity index (χ0v) is 18.3. The smallest absolute Gasteiger partial charge is 0.264 e. The first-order valence-electron chi connectivity index (χ1n) is 9.24. The molecule has 1 aromatic rings. The van der Waals surface area contributed by atoms with E-state index in [1.807, 2.05) is 18.7 Å². The lowest BCUT2D eigenvalue weighted by atomic mass is 10.1. The van der Waals surface area contributed by atoms with E-state index in [-0.39, 0.29) is 34.1 Å². The number of allylic oxidation sites excluding steroid dienone is 2. The summed E-state index contributed by atoms with van der Waals surface area (Å²) in [5.74, 6) is -0.201. The monoisotopic (exact) mass is 452 g/mol. The first-order valence-corrected chi connectivity index (χ1v) is 11.9. The summed E-state index contributed by atoms with van der Waals surface area (Å²) in [5.41, 5.74) is 0.979. The van der Waals surface area contributed by atoms with Crippen molar-refractivity contribution in [2.45, 2.75) is 38.8 Å². The minimum Gasteiger partial charge on any atom is -0.333 e. The van der Waals surface area contributed by atoms with E-state index >= 15 is 0 Å². The van der Waals surface area contributed by atoms with Gasteiger partial charge in [-0.25, -0.2) is 8.42 Å². The quantitative estimate of drug-likeness (QED) is 0.676. The van der Waals surface area contributed by atoms with Crippen LogP contribution in [0.5, 0.6) is 0 Å². The number of halogens is 1. The van der Waals surface area contributed by atoms with Gasteiger partial charge < -0.3 is 9.62 Å². The molecular weight excluding hydrogens is 432 g/mol. The molecule has 154 valence electrons. The molecule has 0 bridgehead atoms. The van der Waals surface area contributed by atoms with Crippen LogP contribution in [0.25, 0.3) is 0 Å². The molecule has 29 heavy (non-hydrogen) atoms. The molecule has 10 heteroatoms. The van der Waals surface area contributed by atoms with Gasteiger partial charge in [0, 0.05) is 29.5 Å². The molecule has 7 nitrogen and oxygen atoms in total. The predicted octanol–water partition coefficient (Wildman–Crippen LogP) is 3.82. The standard InChI is InChI=1S/C19H21ClN4O3S2/c1-12-5-6-13(2)24(12)19(25)15-8-7-14(20)10-16(15)22-29(26,27)18-4-3-9-23-17(18)11-21-28-23/h3-4,7-13,21-22H,5-6H2,1-2H3. The number of carbonyl (C=O) groups is 1. The van der Waals surface area contributed by atoms with E-state index in [1.165, 1.54) is 24.3 Å². The first-order chi connectivity index (χ1) is 13.8. The van der Waals surface area contributed by atoms with Crippen LogP contribution in [0.15, 0.2) is 53.4 Å². The van der Waals surface area contributed by atoms with Gasteiger partial charge in [-0.15, -0.1) is 0 Å². The van der Waals surface area contributed by atoms with Crippen molar-refractivity contribution in [3.8, 4) is 0 Å². The fourth-order valence-electron chi connectivity index (χ4n) is 3.78. The second-order valence-corrected chi connectivity index (χ2v) is 10.1. The molecule has 1 aromatic carbocycles. The number of amides is 1. The number of benzene rings is 1. The number of sulfonamides is 1. The summed E-state index contributed by atoms with van der Waals surface area (Å²) >= 11 is 7.39. The van der Waals surface area contributed by atoms with Crippen molar-refractivity contribution >= 4 is 45.4 Å². The summed E-state index contributed by atoms with van der Waals surface area (Å²) in [6.07, 6.45) is 8.42. The third-order valence-corrected chi connectivity index (χ3v) is 7.62. The molecule has 0 saturated carbocycles. The summed E-state index contributed by atoms with van der Waals surface area (Å²) in [4.78, 5) is 15.2. The number of nitrogens with one attached hydrogen (secondary N) is 2. The lowest BCUT2D eigenvalue weighted by Crippen LogP contribution is -2.39. The summed E-state index contributed by atoms with van der Waals surface area (Å²) < 4.78 is 33.5. The summed E-state index contributed by atoms with van der Waals surface area (Å²) in [5, 5.41) is 0.346. The van der Waals surface area contributed by atoms with E-state index in [1.54, 1.807) is 34.9 Å². The Hall–Kier alpha value is -2.10. The van der Waals surface area contributed by atoms with Gasteiger partial charge in [0.25, 0.3) is 15.9 Å². The molecule has 1 saturated heterocycles. The zero-order chi connectivity index (χ0) is 20.8. The maximum atomic E-state index is 13.2. The van der Waals surface area contributed by atoms with Crippen molar-refractivity contribution in [3.63, 3.8) is 0 Å². The number of fused-ring (bicyclic) bond motifs is 1. The molecule has 4 rings (SSSR count). The Kier molecular flexibility index (Phi) is 5.30. The number of hydrogen-bond acceptors (Lipinski definition) is 6. The van der Waals surface area contributed by atoms with Gasteiger partial charge in [-0.1, -0.05) is 11.6 Å². The molecule has 1 fully saturated rings. The zero-order valence-electron chi connectivity index (χ0n) is 15.9. The van der Waals surface area contributed by atoms with Gasteiger partial charge in [0.05, 0.1) is 29.1 Å². The number of rotatable bonds is 4. The molecule has 2 unspecified atom stereocenters. The van der Waals surface area contributed by atoms with Crippen LogP contribution < -0.4 is 9.44 Å². The minimum atomic E-state index is -3.95. The molecule has 2 atom stereocenters. The van der Waals surface area contributed by atoms with E-state index < -0.39 is 10.0 Å². The topological polar surface area (TPSA) is 81.8 Å². The largest absolute Gasteiger partial charge is 0.333 e. The lowest BCUT2D eigenvalue weighted by molar-refractivity contribution is 0.0694. The van der Waals surface area contributed by atoms with Gasteiger partial charge in [-0.3, -0.25) is 13.8 Å². The number of hydrogen-bond donors (Lipinski definition) is 2.